The van der Waals surface area contributed by atoms with Gasteiger partial charge in [0, 0.05) is 19.0 Å². The fourth-order valence-corrected chi connectivity index (χ4v) is 4.20. The van der Waals surface area contributed by atoms with Crippen molar-refractivity contribution in [1.29, 1.82) is 0 Å². The number of carboxylic acids is 1. The van der Waals surface area contributed by atoms with Gasteiger partial charge in [0.1, 0.15) is 0 Å². The van der Waals surface area contributed by atoms with Gasteiger partial charge in [0.15, 0.2) is 0 Å². The van der Waals surface area contributed by atoms with Gasteiger partial charge in [-0.1, -0.05) is 30.3 Å². The summed E-state index contributed by atoms with van der Waals surface area (Å²) in [6.07, 6.45) is 1.27. The monoisotopic (exact) mass is 354 g/mol. The quantitative estimate of drug-likeness (QED) is 0.712. The van der Waals surface area contributed by atoms with E-state index in [1.165, 1.54) is 4.31 Å². The molecule has 2 rings (SSSR count). The molecule has 132 valence electrons. The third kappa shape index (κ3) is 5.61. The van der Waals surface area contributed by atoms with Gasteiger partial charge in [-0.2, -0.15) is 4.31 Å². The Bertz CT molecular complexity index is 675. The number of nitrogens with zero attached hydrogens (tertiary/aromatic N) is 1. The van der Waals surface area contributed by atoms with Crippen LogP contribution in [0.3, 0.4) is 0 Å². The first-order chi connectivity index (χ1) is 11.4. The molecular formula is C16H22N2O5S. The highest BCUT2D eigenvalue weighted by molar-refractivity contribution is 7.89. The molecule has 8 heteroatoms. The third-order valence-electron chi connectivity index (χ3n) is 3.92. The normalized spacial score (nSPS) is 18.2. The van der Waals surface area contributed by atoms with Gasteiger partial charge >= 0.3 is 5.97 Å². The molecule has 0 saturated carbocycles. The molecule has 1 unspecified atom stereocenters. The number of hydrogen-bond acceptors (Lipinski definition) is 4. The largest absolute Gasteiger partial charge is 0.481 e. The minimum absolute atomic E-state index is 0.0558. The molecule has 0 aliphatic carbocycles. The summed E-state index contributed by atoms with van der Waals surface area (Å²) < 4.78 is 24.7. The molecule has 1 heterocycles. The maximum Gasteiger partial charge on any atom is 0.303 e. The molecule has 1 atom stereocenters. The van der Waals surface area contributed by atoms with Gasteiger partial charge in [-0.05, 0) is 24.8 Å². The number of aliphatic carboxylic acids is 1. The van der Waals surface area contributed by atoms with Crippen LogP contribution in [0.1, 0.15) is 24.8 Å². The lowest BCUT2D eigenvalue weighted by Crippen LogP contribution is -2.43. The second-order valence-corrected chi connectivity index (χ2v) is 7.98. The number of nitrogens with one attached hydrogen (secondary N) is 1. The summed E-state index contributed by atoms with van der Waals surface area (Å²) in [6, 6.07) is 9.11. The lowest BCUT2D eigenvalue weighted by atomic mass is 10.0. The first-order valence-corrected chi connectivity index (χ1v) is 9.50. The van der Waals surface area contributed by atoms with Crippen molar-refractivity contribution in [3.63, 3.8) is 0 Å². The van der Waals surface area contributed by atoms with E-state index >= 15 is 0 Å². The van der Waals surface area contributed by atoms with Crippen molar-refractivity contribution >= 4 is 21.9 Å². The Labute approximate surface area is 141 Å². The van der Waals surface area contributed by atoms with Crippen LogP contribution in [0.4, 0.5) is 0 Å². The molecule has 1 aliphatic rings. The minimum Gasteiger partial charge on any atom is -0.481 e. The van der Waals surface area contributed by atoms with E-state index in [0.29, 0.717) is 25.8 Å². The van der Waals surface area contributed by atoms with E-state index in [2.05, 4.69) is 5.32 Å². The summed E-state index contributed by atoms with van der Waals surface area (Å²) >= 11 is 0. The van der Waals surface area contributed by atoms with Crippen molar-refractivity contribution in [1.82, 2.24) is 9.62 Å². The van der Waals surface area contributed by atoms with E-state index in [0.717, 1.165) is 5.56 Å². The van der Waals surface area contributed by atoms with E-state index in [1.807, 2.05) is 30.3 Å². The Balaban J connectivity index is 1.95. The number of carbonyl (C=O) groups is 2. The highest BCUT2D eigenvalue weighted by Crippen LogP contribution is 2.13. The number of carbonyl (C=O) groups excluding carboxylic acids is 1. The SMILES string of the molecule is O=C(O)CCC(Cc1ccccc1)NC(=O)CN1CCCS1(=O)=O. The summed E-state index contributed by atoms with van der Waals surface area (Å²) in [5.74, 6) is -1.25. The van der Waals surface area contributed by atoms with Gasteiger partial charge in [0.25, 0.3) is 0 Å². The van der Waals surface area contributed by atoms with Gasteiger partial charge in [0.2, 0.25) is 15.9 Å². The van der Waals surface area contributed by atoms with Crippen LogP contribution < -0.4 is 5.32 Å². The van der Waals surface area contributed by atoms with Crippen LogP contribution in [0, 0.1) is 0 Å². The zero-order chi connectivity index (χ0) is 17.6. The van der Waals surface area contributed by atoms with Crippen molar-refractivity contribution in [2.24, 2.45) is 0 Å². The molecule has 1 aromatic rings. The number of carboxylic acid groups (broad SMARTS) is 1. The first-order valence-electron chi connectivity index (χ1n) is 7.90. The lowest BCUT2D eigenvalue weighted by Gasteiger charge is -2.20. The highest BCUT2D eigenvalue weighted by atomic mass is 32.2. The second-order valence-electron chi connectivity index (χ2n) is 5.89. The molecule has 1 aromatic carbocycles. The molecule has 1 aliphatic heterocycles. The van der Waals surface area contributed by atoms with Crippen LogP contribution in [-0.2, 0) is 26.0 Å². The number of hydrogen-bond donors (Lipinski definition) is 2. The Morgan fingerprint density at radius 3 is 2.54 bits per heavy atom. The zero-order valence-corrected chi connectivity index (χ0v) is 14.2. The summed E-state index contributed by atoms with van der Waals surface area (Å²) in [6.45, 7) is 0.148. The van der Waals surface area contributed by atoms with Gasteiger partial charge in [-0.15, -0.1) is 0 Å². The Morgan fingerprint density at radius 1 is 1.25 bits per heavy atom. The molecule has 0 aromatic heterocycles. The van der Waals surface area contributed by atoms with Gasteiger partial charge in [0.05, 0.1) is 12.3 Å². The Morgan fingerprint density at radius 2 is 1.96 bits per heavy atom. The summed E-state index contributed by atoms with van der Waals surface area (Å²) in [7, 11) is -3.32. The summed E-state index contributed by atoms with van der Waals surface area (Å²) in [5, 5.41) is 11.6. The highest BCUT2D eigenvalue weighted by Gasteiger charge is 2.30. The fraction of sp³-hybridized carbons (Fsp3) is 0.500. The third-order valence-corrected chi connectivity index (χ3v) is 5.82. The zero-order valence-electron chi connectivity index (χ0n) is 13.3. The summed E-state index contributed by atoms with van der Waals surface area (Å²) in [4.78, 5) is 23.0. The number of rotatable bonds is 8. The van der Waals surface area contributed by atoms with E-state index in [4.69, 9.17) is 5.11 Å². The van der Waals surface area contributed by atoms with Crippen molar-refractivity contribution in [2.75, 3.05) is 18.8 Å². The standard InChI is InChI=1S/C16H22N2O5S/c19-15(12-18-9-4-10-24(18,22)23)17-14(7-8-16(20)21)11-13-5-2-1-3-6-13/h1-3,5-6,14H,4,7-12H2,(H,17,19)(H,20,21). The molecule has 24 heavy (non-hydrogen) atoms. The lowest BCUT2D eigenvalue weighted by molar-refractivity contribution is -0.137. The van der Waals surface area contributed by atoms with E-state index in [9.17, 15) is 18.0 Å². The van der Waals surface area contributed by atoms with E-state index in [1.54, 1.807) is 0 Å². The molecule has 0 bridgehead atoms. The van der Waals surface area contributed by atoms with Crippen LogP contribution in [0.25, 0.3) is 0 Å². The predicted molar refractivity (Wildman–Crippen MR) is 88.9 cm³/mol. The van der Waals surface area contributed by atoms with Crippen LogP contribution in [0.15, 0.2) is 30.3 Å². The predicted octanol–water partition coefficient (Wildman–Crippen LogP) is 0.614. The number of sulfonamides is 1. The molecular weight excluding hydrogens is 332 g/mol. The average Bonchev–Trinajstić information content (AvgIpc) is 2.84. The van der Waals surface area contributed by atoms with Gasteiger partial charge in [-0.3, -0.25) is 9.59 Å². The molecule has 1 saturated heterocycles. The van der Waals surface area contributed by atoms with E-state index in [-0.39, 0.29) is 24.8 Å². The number of benzene rings is 1. The maximum absolute atomic E-state index is 12.2. The van der Waals surface area contributed by atoms with Crippen LogP contribution in [0.2, 0.25) is 0 Å². The molecule has 1 fully saturated rings. The Hall–Kier alpha value is -1.93. The molecule has 2 N–H and O–H groups in total. The van der Waals surface area contributed by atoms with Crippen molar-refractivity contribution in [3.8, 4) is 0 Å². The smallest absolute Gasteiger partial charge is 0.303 e. The minimum atomic E-state index is -3.32. The van der Waals surface area contributed by atoms with Gasteiger partial charge < -0.3 is 10.4 Å². The van der Waals surface area contributed by atoms with E-state index < -0.39 is 21.9 Å². The van der Waals surface area contributed by atoms with Crippen LogP contribution >= 0.6 is 0 Å². The van der Waals surface area contributed by atoms with Gasteiger partial charge in [-0.25, -0.2) is 8.42 Å². The second kappa shape index (κ2) is 8.25. The average molecular weight is 354 g/mol. The molecule has 1 amide bonds. The molecule has 7 nitrogen and oxygen atoms in total. The van der Waals surface area contributed by atoms with Crippen LogP contribution in [-0.4, -0.2) is 54.6 Å². The first kappa shape index (κ1) is 18.4. The molecule has 0 spiro atoms. The fourth-order valence-electron chi connectivity index (χ4n) is 2.72. The topological polar surface area (TPSA) is 104 Å². The molecule has 0 radical (unpaired) electrons. The van der Waals surface area contributed by atoms with Crippen molar-refractivity contribution < 1.29 is 23.1 Å². The van der Waals surface area contributed by atoms with Crippen molar-refractivity contribution in [2.45, 2.75) is 31.7 Å². The maximum atomic E-state index is 12.2. The summed E-state index contributed by atoms with van der Waals surface area (Å²) in [5.41, 5.74) is 0.988. The number of amides is 1. The van der Waals surface area contributed by atoms with Crippen LogP contribution in [0.5, 0.6) is 0 Å². The Kier molecular flexibility index (Phi) is 6.33. The van der Waals surface area contributed by atoms with Crippen molar-refractivity contribution in [3.05, 3.63) is 35.9 Å².